The number of hydrogen-bond donors (Lipinski definition) is 0. The van der Waals surface area contributed by atoms with Crippen molar-refractivity contribution < 1.29 is 9.53 Å². The first kappa shape index (κ1) is 19.2. The van der Waals surface area contributed by atoms with Crippen molar-refractivity contribution >= 4 is 5.97 Å². The maximum Gasteiger partial charge on any atom is 0.308 e. The monoisotopic (exact) mass is 348 g/mol. The summed E-state index contributed by atoms with van der Waals surface area (Å²) in [5.41, 5.74) is 1.36. The Morgan fingerprint density at radius 3 is 2.08 bits per heavy atom. The molecule has 2 bridgehead atoms. The molecule has 0 aromatic heterocycles. The minimum atomic E-state index is 0.0984. The van der Waals surface area contributed by atoms with Gasteiger partial charge >= 0.3 is 5.97 Å². The minimum Gasteiger partial charge on any atom is -0.465 e. The Morgan fingerprint density at radius 1 is 0.880 bits per heavy atom. The quantitative estimate of drug-likeness (QED) is 0.362. The lowest BCUT2D eigenvalue weighted by Crippen LogP contribution is -2.46. The van der Waals surface area contributed by atoms with Crippen LogP contribution >= 0.6 is 0 Å². The van der Waals surface area contributed by atoms with Gasteiger partial charge in [-0.15, -0.1) is 0 Å². The molecule has 25 heavy (non-hydrogen) atoms. The van der Waals surface area contributed by atoms with E-state index in [0.717, 1.165) is 30.6 Å². The SMILES string of the molecule is CCCCCOC(=O)C1CCC(C23CCC(CCC)(CC2)CC3)CC1. The first-order chi connectivity index (χ1) is 12.1. The lowest BCUT2D eigenvalue weighted by molar-refractivity contribution is -0.151. The molecule has 4 fully saturated rings. The first-order valence-electron chi connectivity index (χ1n) is 11.3. The standard InChI is InChI=1S/C23H40O2/c1-3-5-6-18-25-21(24)19-7-9-20(10-8-19)23-15-12-22(11-4-2,13-16-23)14-17-23/h19-20H,3-18H2,1-2H3. The van der Waals surface area contributed by atoms with Gasteiger partial charge in [-0.2, -0.15) is 0 Å². The van der Waals surface area contributed by atoms with Gasteiger partial charge in [-0.25, -0.2) is 0 Å². The Balaban J connectivity index is 1.44. The average molecular weight is 349 g/mol. The van der Waals surface area contributed by atoms with Gasteiger partial charge in [0.2, 0.25) is 0 Å². The molecule has 0 aliphatic heterocycles. The highest BCUT2D eigenvalue weighted by Gasteiger charge is 2.51. The predicted octanol–water partition coefficient (Wildman–Crippen LogP) is 6.67. The van der Waals surface area contributed by atoms with Crippen LogP contribution in [0.15, 0.2) is 0 Å². The molecule has 4 aliphatic carbocycles. The largest absolute Gasteiger partial charge is 0.465 e. The number of esters is 1. The molecule has 2 nitrogen and oxygen atoms in total. The van der Waals surface area contributed by atoms with Gasteiger partial charge in [0.15, 0.2) is 0 Å². The van der Waals surface area contributed by atoms with Crippen LogP contribution in [0.2, 0.25) is 0 Å². The normalized spacial score (nSPS) is 37.8. The summed E-state index contributed by atoms with van der Waals surface area (Å²) in [6, 6.07) is 0. The van der Waals surface area contributed by atoms with Crippen LogP contribution in [0.3, 0.4) is 0 Å². The van der Waals surface area contributed by atoms with Crippen LogP contribution in [0.1, 0.15) is 110 Å². The third-order valence-corrected chi connectivity index (χ3v) is 8.16. The molecule has 0 spiro atoms. The number of fused-ring (bicyclic) bond motifs is 3. The highest BCUT2D eigenvalue weighted by atomic mass is 16.5. The Kier molecular flexibility index (Phi) is 6.49. The second-order valence-electron chi connectivity index (χ2n) is 9.54. The summed E-state index contributed by atoms with van der Waals surface area (Å²) in [5.74, 6) is 1.18. The molecule has 4 saturated carbocycles. The van der Waals surface area contributed by atoms with Crippen LogP contribution in [-0.4, -0.2) is 12.6 Å². The first-order valence-corrected chi connectivity index (χ1v) is 11.3. The second kappa shape index (κ2) is 8.44. The van der Waals surface area contributed by atoms with Crippen molar-refractivity contribution in [3.05, 3.63) is 0 Å². The maximum atomic E-state index is 12.3. The molecule has 144 valence electrons. The average Bonchev–Trinajstić information content (AvgIpc) is 2.67. The zero-order chi connectivity index (χ0) is 17.8. The van der Waals surface area contributed by atoms with Gasteiger partial charge < -0.3 is 4.74 Å². The molecule has 0 saturated heterocycles. The van der Waals surface area contributed by atoms with Crippen molar-refractivity contribution in [3.63, 3.8) is 0 Å². The van der Waals surface area contributed by atoms with Crippen LogP contribution in [-0.2, 0) is 9.53 Å². The third kappa shape index (κ3) is 4.25. The van der Waals surface area contributed by atoms with Crippen LogP contribution in [0.5, 0.6) is 0 Å². The molecule has 0 unspecified atom stereocenters. The molecular weight excluding hydrogens is 308 g/mol. The van der Waals surface area contributed by atoms with Crippen molar-refractivity contribution in [2.75, 3.05) is 6.61 Å². The van der Waals surface area contributed by atoms with E-state index in [1.54, 1.807) is 0 Å². The summed E-state index contributed by atoms with van der Waals surface area (Å²) in [4.78, 5) is 12.3. The van der Waals surface area contributed by atoms with Gasteiger partial charge in [0.05, 0.1) is 12.5 Å². The number of rotatable bonds is 8. The summed E-state index contributed by atoms with van der Waals surface area (Å²) < 4.78 is 5.52. The number of unbranched alkanes of at least 4 members (excludes halogenated alkanes) is 2. The Labute approximate surface area is 155 Å². The van der Waals surface area contributed by atoms with Crippen LogP contribution in [0.25, 0.3) is 0 Å². The fraction of sp³-hybridized carbons (Fsp3) is 0.957. The van der Waals surface area contributed by atoms with Gasteiger partial charge in [0, 0.05) is 0 Å². The van der Waals surface area contributed by atoms with E-state index in [9.17, 15) is 4.79 Å². The molecule has 0 radical (unpaired) electrons. The highest BCUT2D eigenvalue weighted by Crippen LogP contribution is 2.63. The Bertz CT molecular complexity index is 409. The summed E-state index contributed by atoms with van der Waals surface area (Å²) in [7, 11) is 0. The van der Waals surface area contributed by atoms with Crippen LogP contribution in [0.4, 0.5) is 0 Å². The van der Waals surface area contributed by atoms with Crippen LogP contribution < -0.4 is 0 Å². The van der Waals surface area contributed by atoms with E-state index in [-0.39, 0.29) is 11.9 Å². The minimum absolute atomic E-state index is 0.0984. The fourth-order valence-electron chi connectivity index (χ4n) is 6.39. The number of carbonyl (C=O) groups excluding carboxylic acids is 1. The van der Waals surface area contributed by atoms with Crippen molar-refractivity contribution in [1.29, 1.82) is 0 Å². The number of hydrogen-bond acceptors (Lipinski definition) is 2. The van der Waals surface area contributed by atoms with E-state index in [2.05, 4.69) is 13.8 Å². The third-order valence-electron chi connectivity index (χ3n) is 8.16. The zero-order valence-electron chi connectivity index (χ0n) is 16.8. The summed E-state index contributed by atoms with van der Waals surface area (Å²) >= 11 is 0. The van der Waals surface area contributed by atoms with E-state index < -0.39 is 0 Å². The molecular formula is C23H40O2. The Morgan fingerprint density at radius 2 is 1.52 bits per heavy atom. The van der Waals surface area contributed by atoms with E-state index in [1.807, 2.05) is 0 Å². The van der Waals surface area contributed by atoms with Crippen molar-refractivity contribution in [2.24, 2.45) is 22.7 Å². The maximum absolute atomic E-state index is 12.3. The van der Waals surface area contributed by atoms with Gasteiger partial charge in [0.1, 0.15) is 0 Å². The molecule has 4 aliphatic rings. The van der Waals surface area contributed by atoms with Crippen molar-refractivity contribution in [2.45, 2.75) is 110 Å². The van der Waals surface area contributed by atoms with Crippen molar-refractivity contribution in [3.8, 4) is 0 Å². The van der Waals surface area contributed by atoms with Gasteiger partial charge in [0.25, 0.3) is 0 Å². The number of carbonyl (C=O) groups is 1. The second-order valence-corrected chi connectivity index (χ2v) is 9.54. The molecule has 4 rings (SSSR count). The van der Waals surface area contributed by atoms with Crippen LogP contribution in [0, 0.1) is 22.7 Å². The molecule has 2 heteroatoms. The van der Waals surface area contributed by atoms with E-state index >= 15 is 0 Å². The molecule has 0 atom stereocenters. The summed E-state index contributed by atoms with van der Waals surface area (Å²) in [6.45, 7) is 5.18. The van der Waals surface area contributed by atoms with Gasteiger partial charge in [-0.05, 0) is 93.8 Å². The lowest BCUT2D eigenvalue weighted by Gasteiger charge is -2.57. The lowest BCUT2D eigenvalue weighted by atomic mass is 9.48. The number of ether oxygens (including phenoxy) is 1. The Hall–Kier alpha value is -0.530. The fourth-order valence-corrected chi connectivity index (χ4v) is 6.39. The van der Waals surface area contributed by atoms with Crippen molar-refractivity contribution in [1.82, 2.24) is 0 Å². The molecule has 0 amide bonds. The zero-order valence-corrected chi connectivity index (χ0v) is 16.8. The highest BCUT2D eigenvalue weighted by molar-refractivity contribution is 5.72. The molecule has 0 N–H and O–H groups in total. The van der Waals surface area contributed by atoms with Gasteiger partial charge in [-0.1, -0.05) is 33.1 Å². The van der Waals surface area contributed by atoms with E-state index in [1.165, 1.54) is 77.0 Å². The van der Waals surface area contributed by atoms with Gasteiger partial charge in [-0.3, -0.25) is 4.79 Å². The molecule has 0 heterocycles. The molecule has 0 aromatic carbocycles. The predicted molar refractivity (Wildman–Crippen MR) is 103 cm³/mol. The topological polar surface area (TPSA) is 26.3 Å². The smallest absolute Gasteiger partial charge is 0.308 e. The summed E-state index contributed by atoms with van der Waals surface area (Å²) in [6.07, 6.45) is 19.8. The van der Waals surface area contributed by atoms with E-state index in [0.29, 0.717) is 12.0 Å². The summed E-state index contributed by atoms with van der Waals surface area (Å²) in [5, 5.41) is 0. The molecule has 0 aromatic rings. The van der Waals surface area contributed by atoms with E-state index in [4.69, 9.17) is 4.74 Å².